The van der Waals surface area contributed by atoms with E-state index in [1.54, 1.807) is 6.07 Å². The van der Waals surface area contributed by atoms with E-state index >= 15 is 0 Å². The van der Waals surface area contributed by atoms with Gasteiger partial charge >= 0.3 is 0 Å². The highest BCUT2D eigenvalue weighted by atomic mass is 16.3. The molecular weight excluding hydrogens is 196 g/mol. The molecule has 1 heterocycles. The van der Waals surface area contributed by atoms with Gasteiger partial charge in [-0.1, -0.05) is 6.92 Å². The maximum absolute atomic E-state index is 9.34. The van der Waals surface area contributed by atoms with Gasteiger partial charge in [0.15, 0.2) is 0 Å². The van der Waals surface area contributed by atoms with Crippen LogP contribution in [-0.2, 0) is 0 Å². The van der Waals surface area contributed by atoms with Gasteiger partial charge in [-0.3, -0.25) is 0 Å². The topological polar surface area (TPSA) is 122 Å². The molecule has 1 aromatic rings. The first-order valence-electron chi connectivity index (χ1n) is 4.68. The number of aromatic nitrogens is 2. The molecule has 1 rings (SSSR count). The van der Waals surface area contributed by atoms with Crippen molar-refractivity contribution in [1.29, 1.82) is 0 Å². The molecular formula is C8H16N6O. The second-order valence-electron chi connectivity index (χ2n) is 3.08. The lowest BCUT2D eigenvalue weighted by atomic mass is 10.3. The first-order chi connectivity index (χ1) is 7.15. The second-order valence-corrected chi connectivity index (χ2v) is 3.08. The predicted octanol–water partition coefficient (Wildman–Crippen LogP) is -0.473. The van der Waals surface area contributed by atoms with Crippen molar-refractivity contribution in [2.24, 2.45) is 5.84 Å². The van der Waals surface area contributed by atoms with E-state index in [1.807, 2.05) is 6.92 Å². The monoisotopic (exact) mass is 212 g/mol. The lowest BCUT2D eigenvalue weighted by Gasteiger charge is -2.10. The Labute approximate surface area is 87.9 Å². The summed E-state index contributed by atoms with van der Waals surface area (Å²) in [5.74, 6) is 6.28. The van der Waals surface area contributed by atoms with Crippen molar-refractivity contribution in [2.45, 2.75) is 19.4 Å². The normalized spacial score (nSPS) is 12.2. The molecule has 7 N–H and O–H groups in total. The van der Waals surface area contributed by atoms with Crippen molar-refractivity contribution in [1.82, 2.24) is 9.97 Å². The summed E-state index contributed by atoms with van der Waals surface area (Å²) in [5, 5.41) is 12.3. The standard InChI is InChI=1S/C8H16N6O/c1-2-5(15)4-11-6-3-7(14-10)13-8(9)12-6/h3,5,15H,2,4,10H2,1H3,(H4,9,11,12,13,14). The number of rotatable bonds is 5. The smallest absolute Gasteiger partial charge is 0.223 e. The molecule has 0 spiro atoms. The Morgan fingerprint density at radius 2 is 2.13 bits per heavy atom. The Bertz CT molecular complexity index is 318. The van der Waals surface area contributed by atoms with Gasteiger partial charge in [-0.2, -0.15) is 9.97 Å². The molecule has 0 saturated heterocycles. The highest BCUT2D eigenvalue weighted by Gasteiger charge is 2.03. The predicted molar refractivity (Wildman–Crippen MR) is 59.0 cm³/mol. The number of hydrogen-bond acceptors (Lipinski definition) is 7. The van der Waals surface area contributed by atoms with Crippen molar-refractivity contribution in [3.63, 3.8) is 0 Å². The molecule has 1 unspecified atom stereocenters. The first-order valence-corrected chi connectivity index (χ1v) is 4.68. The fraction of sp³-hybridized carbons (Fsp3) is 0.500. The van der Waals surface area contributed by atoms with Crippen LogP contribution in [0.1, 0.15) is 13.3 Å². The van der Waals surface area contributed by atoms with E-state index < -0.39 is 6.10 Å². The average molecular weight is 212 g/mol. The summed E-state index contributed by atoms with van der Waals surface area (Å²) in [6.07, 6.45) is 0.269. The van der Waals surface area contributed by atoms with E-state index in [9.17, 15) is 5.11 Å². The molecule has 0 fully saturated rings. The first kappa shape index (κ1) is 11.5. The van der Waals surface area contributed by atoms with Crippen LogP contribution in [0, 0.1) is 0 Å². The Hall–Kier alpha value is -1.60. The summed E-state index contributed by atoms with van der Waals surface area (Å²) >= 11 is 0. The van der Waals surface area contributed by atoms with Crippen LogP contribution in [0.15, 0.2) is 6.07 Å². The number of nitrogens with zero attached hydrogens (tertiary/aromatic N) is 2. The van der Waals surface area contributed by atoms with E-state index in [4.69, 9.17) is 11.6 Å². The Morgan fingerprint density at radius 3 is 2.73 bits per heavy atom. The molecule has 7 nitrogen and oxygen atoms in total. The maximum Gasteiger partial charge on any atom is 0.223 e. The van der Waals surface area contributed by atoms with E-state index in [2.05, 4.69) is 20.7 Å². The lowest BCUT2D eigenvalue weighted by Crippen LogP contribution is -2.19. The van der Waals surface area contributed by atoms with Crippen molar-refractivity contribution in [3.05, 3.63) is 6.07 Å². The Morgan fingerprint density at radius 1 is 1.47 bits per heavy atom. The third kappa shape index (κ3) is 3.56. The summed E-state index contributed by atoms with van der Waals surface area (Å²) in [4.78, 5) is 7.76. The molecule has 0 aliphatic carbocycles. The van der Waals surface area contributed by atoms with Gasteiger partial charge in [-0.05, 0) is 6.42 Å². The highest BCUT2D eigenvalue weighted by Crippen LogP contribution is 2.11. The number of hydrazine groups is 1. The average Bonchev–Trinajstić information content (AvgIpc) is 2.25. The Balaban J connectivity index is 2.64. The van der Waals surface area contributed by atoms with Gasteiger partial charge in [0.2, 0.25) is 5.95 Å². The number of nitrogen functional groups attached to an aromatic ring is 2. The van der Waals surface area contributed by atoms with Gasteiger partial charge in [0.05, 0.1) is 6.10 Å². The zero-order chi connectivity index (χ0) is 11.3. The van der Waals surface area contributed by atoms with Crippen molar-refractivity contribution in [2.75, 3.05) is 23.0 Å². The van der Waals surface area contributed by atoms with Crippen LogP contribution in [0.5, 0.6) is 0 Å². The fourth-order valence-corrected chi connectivity index (χ4v) is 0.997. The van der Waals surface area contributed by atoms with Gasteiger partial charge in [0.1, 0.15) is 11.6 Å². The van der Waals surface area contributed by atoms with Gasteiger partial charge in [-0.15, -0.1) is 0 Å². The van der Waals surface area contributed by atoms with E-state index in [-0.39, 0.29) is 5.95 Å². The van der Waals surface area contributed by atoms with Crippen LogP contribution in [0.3, 0.4) is 0 Å². The molecule has 0 saturated carbocycles. The zero-order valence-electron chi connectivity index (χ0n) is 8.57. The van der Waals surface area contributed by atoms with Crippen LogP contribution in [0.2, 0.25) is 0 Å². The molecule has 15 heavy (non-hydrogen) atoms. The summed E-state index contributed by atoms with van der Waals surface area (Å²) in [5.41, 5.74) is 7.83. The zero-order valence-corrected chi connectivity index (χ0v) is 8.57. The molecule has 0 radical (unpaired) electrons. The molecule has 0 aromatic carbocycles. The molecule has 0 aliphatic rings. The summed E-state index contributed by atoms with van der Waals surface area (Å²) in [6, 6.07) is 1.61. The van der Waals surface area contributed by atoms with Gasteiger partial charge in [-0.25, -0.2) is 5.84 Å². The van der Waals surface area contributed by atoms with Crippen LogP contribution >= 0.6 is 0 Å². The Kier molecular flexibility index (Phi) is 4.07. The van der Waals surface area contributed by atoms with Crippen LogP contribution in [0.25, 0.3) is 0 Å². The lowest BCUT2D eigenvalue weighted by molar-refractivity contribution is 0.183. The molecule has 7 heteroatoms. The van der Waals surface area contributed by atoms with Crippen molar-refractivity contribution < 1.29 is 5.11 Å². The fourth-order valence-electron chi connectivity index (χ4n) is 0.997. The number of nitrogens with one attached hydrogen (secondary N) is 2. The molecule has 1 aromatic heterocycles. The van der Waals surface area contributed by atoms with Gasteiger partial charge < -0.3 is 21.6 Å². The van der Waals surface area contributed by atoms with Crippen LogP contribution in [0.4, 0.5) is 17.6 Å². The van der Waals surface area contributed by atoms with Crippen molar-refractivity contribution in [3.8, 4) is 0 Å². The number of aliphatic hydroxyl groups is 1. The van der Waals surface area contributed by atoms with Crippen LogP contribution in [-0.4, -0.2) is 27.7 Å². The molecule has 1 atom stereocenters. The number of hydrogen-bond donors (Lipinski definition) is 5. The SMILES string of the molecule is CCC(O)CNc1cc(NN)nc(N)n1. The highest BCUT2D eigenvalue weighted by molar-refractivity contribution is 5.50. The van der Waals surface area contributed by atoms with E-state index in [0.717, 1.165) is 0 Å². The largest absolute Gasteiger partial charge is 0.391 e. The summed E-state index contributed by atoms with van der Waals surface area (Å²) < 4.78 is 0. The van der Waals surface area contributed by atoms with E-state index in [1.165, 1.54) is 0 Å². The third-order valence-electron chi connectivity index (χ3n) is 1.88. The summed E-state index contributed by atoms with van der Waals surface area (Å²) in [6.45, 7) is 2.31. The summed E-state index contributed by atoms with van der Waals surface area (Å²) in [7, 11) is 0. The maximum atomic E-state index is 9.34. The van der Waals surface area contributed by atoms with Gasteiger partial charge in [0.25, 0.3) is 0 Å². The molecule has 0 bridgehead atoms. The van der Waals surface area contributed by atoms with Crippen molar-refractivity contribution >= 4 is 17.6 Å². The molecule has 0 amide bonds. The van der Waals surface area contributed by atoms with E-state index in [0.29, 0.717) is 24.6 Å². The minimum absolute atomic E-state index is 0.124. The number of nitrogens with two attached hydrogens (primary N) is 2. The number of aliphatic hydroxyl groups excluding tert-OH is 1. The minimum atomic E-state index is -0.407. The van der Waals surface area contributed by atoms with Gasteiger partial charge in [0, 0.05) is 12.6 Å². The minimum Gasteiger partial charge on any atom is -0.391 e. The molecule has 0 aliphatic heterocycles. The second kappa shape index (κ2) is 5.32. The van der Waals surface area contributed by atoms with Crippen LogP contribution < -0.4 is 22.3 Å². The molecule has 84 valence electrons. The quantitative estimate of drug-likeness (QED) is 0.330. The number of anilines is 3. The third-order valence-corrected chi connectivity index (χ3v) is 1.88.